The highest BCUT2D eigenvalue weighted by Crippen LogP contribution is 2.38. The number of pyridine rings is 1. The molecule has 2 atom stereocenters. The van der Waals surface area contributed by atoms with Gasteiger partial charge in [0.1, 0.15) is 23.4 Å². The average molecular weight is 572 g/mol. The molecule has 7 rings (SSSR count). The van der Waals surface area contributed by atoms with Crippen molar-refractivity contribution in [3.63, 3.8) is 0 Å². The molecule has 0 saturated heterocycles. The van der Waals surface area contributed by atoms with E-state index in [1.54, 1.807) is 0 Å². The molecule has 0 spiro atoms. The molecule has 1 saturated carbocycles. The Hall–Kier alpha value is -4.12. The maximum atomic E-state index is 6.64. The van der Waals surface area contributed by atoms with Crippen LogP contribution in [0, 0.1) is 6.92 Å². The van der Waals surface area contributed by atoms with Crippen LogP contribution in [0.3, 0.4) is 0 Å². The molecule has 2 aromatic heterocycles. The number of ether oxygens (including phenoxy) is 2. The second-order valence-electron chi connectivity index (χ2n) is 13.7. The second kappa shape index (κ2) is 10.6. The summed E-state index contributed by atoms with van der Waals surface area (Å²) in [5.41, 5.74) is 6.93. The van der Waals surface area contributed by atoms with Gasteiger partial charge in [-0.15, -0.1) is 0 Å². The second-order valence-corrected chi connectivity index (χ2v) is 13.7. The van der Waals surface area contributed by atoms with Crippen molar-refractivity contribution in [2.75, 3.05) is 0 Å². The molecule has 5 nitrogen and oxygen atoms in total. The van der Waals surface area contributed by atoms with Crippen molar-refractivity contribution in [1.29, 1.82) is 0 Å². The summed E-state index contributed by atoms with van der Waals surface area (Å²) in [6.45, 7) is 13.3. The van der Waals surface area contributed by atoms with Gasteiger partial charge in [0, 0.05) is 28.6 Å². The third kappa shape index (κ3) is 5.20. The van der Waals surface area contributed by atoms with Crippen LogP contribution in [0.4, 0.5) is 0 Å². The van der Waals surface area contributed by atoms with E-state index in [1.807, 2.05) is 6.20 Å². The third-order valence-corrected chi connectivity index (χ3v) is 9.03. The standard InChI is InChI=1S/C38H41N3O2/c1-23(2)25-18-26(37-40-32-9-7-8-10-35(32)43-37)20-29(19-25)42-28-12-13-30-31-17-24(3)11-14-33(31)41(34(30)22-28)36-21-27(15-16-39-36)38(4,5)6/h11-23,32,35H,7-10H2,1-6H3/t32-,35-/m0/s1. The Bertz CT molecular complexity index is 1870. The minimum absolute atomic E-state index is 0.0194. The number of hydrogen-bond acceptors (Lipinski definition) is 4. The minimum Gasteiger partial charge on any atom is -0.472 e. The predicted molar refractivity (Wildman–Crippen MR) is 176 cm³/mol. The molecule has 0 radical (unpaired) electrons. The van der Waals surface area contributed by atoms with Crippen molar-refractivity contribution in [2.45, 2.75) is 90.7 Å². The van der Waals surface area contributed by atoms with Crippen LogP contribution < -0.4 is 4.74 Å². The van der Waals surface area contributed by atoms with Crippen LogP contribution in [0.1, 0.15) is 88.5 Å². The van der Waals surface area contributed by atoms with E-state index in [-0.39, 0.29) is 17.6 Å². The first kappa shape index (κ1) is 27.7. The van der Waals surface area contributed by atoms with Gasteiger partial charge >= 0.3 is 0 Å². The Morgan fingerprint density at radius 3 is 2.49 bits per heavy atom. The Balaban J connectivity index is 1.32. The number of benzene rings is 3. The molecule has 5 aromatic rings. The number of aliphatic imine (C=N–C) groups is 1. The lowest BCUT2D eigenvalue weighted by molar-refractivity contribution is 0.153. The van der Waals surface area contributed by atoms with Crippen LogP contribution in [-0.4, -0.2) is 27.6 Å². The zero-order valence-electron chi connectivity index (χ0n) is 26.1. The van der Waals surface area contributed by atoms with Crippen LogP contribution >= 0.6 is 0 Å². The molecule has 1 fully saturated rings. The van der Waals surface area contributed by atoms with Gasteiger partial charge in [0.2, 0.25) is 5.90 Å². The first-order valence-electron chi connectivity index (χ1n) is 15.7. The van der Waals surface area contributed by atoms with Gasteiger partial charge in [0.15, 0.2) is 0 Å². The lowest BCUT2D eigenvalue weighted by Crippen LogP contribution is -2.26. The quantitative estimate of drug-likeness (QED) is 0.211. The molecule has 43 heavy (non-hydrogen) atoms. The third-order valence-electron chi connectivity index (χ3n) is 9.03. The monoisotopic (exact) mass is 571 g/mol. The molecular weight excluding hydrogens is 530 g/mol. The first-order chi connectivity index (χ1) is 20.6. The van der Waals surface area contributed by atoms with Gasteiger partial charge in [-0.05, 0) is 103 Å². The summed E-state index contributed by atoms with van der Waals surface area (Å²) in [5.74, 6) is 3.61. The summed E-state index contributed by atoms with van der Waals surface area (Å²) in [6, 6.07) is 24.1. The minimum atomic E-state index is 0.0194. The Morgan fingerprint density at radius 1 is 0.860 bits per heavy atom. The Labute approximate surface area is 254 Å². The van der Waals surface area contributed by atoms with E-state index in [4.69, 9.17) is 19.5 Å². The molecule has 1 aliphatic carbocycles. The molecule has 0 amide bonds. The fourth-order valence-corrected chi connectivity index (χ4v) is 6.54. The van der Waals surface area contributed by atoms with Crippen molar-refractivity contribution in [2.24, 2.45) is 4.99 Å². The highest BCUT2D eigenvalue weighted by atomic mass is 16.5. The van der Waals surface area contributed by atoms with E-state index in [2.05, 4.69) is 113 Å². The molecule has 1 aliphatic heterocycles. The van der Waals surface area contributed by atoms with Gasteiger partial charge in [0.25, 0.3) is 0 Å². The molecule has 5 heteroatoms. The molecule has 3 heterocycles. The molecule has 0 N–H and O–H groups in total. The van der Waals surface area contributed by atoms with E-state index < -0.39 is 0 Å². The lowest BCUT2D eigenvalue weighted by Gasteiger charge is -2.22. The zero-order chi connectivity index (χ0) is 29.9. The van der Waals surface area contributed by atoms with Crippen molar-refractivity contribution >= 4 is 27.7 Å². The molecule has 0 unspecified atom stereocenters. The van der Waals surface area contributed by atoms with Crippen molar-refractivity contribution < 1.29 is 9.47 Å². The van der Waals surface area contributed by atoms with Crippen LogP contribution in [0.2, 0.25) is 0 Å². The first-order valence-corrected chi connectivity index (χ1v) is 15.7. The van der Waals surface area contributed by atoms with Crippen molar-refractivity contribution in [3.05, 3.63) is 95.2 Å². The van der Waals surface area contributed by atoms with Crippen LogP contribution in [0.5, 0.6) is 11.5 Å². The van der Waals surface area contributed by atoms with E-state index in [0.29, 0.717) is 5.92 Å². The maximum absolute atomic E-state index is 6.64. The predicted octanol–water partition coefficient (Wildman–Crippen LogP) is 9.79. The summed E-state index contributed by atoms with van der Waals surface area (Å²) in [4.78, 5) is 9.84. The van der Waals surface area contributed by atoms with Crippen molar-refractivity contribution in [3.8, 4) is 17.3 Å². The highest BCUT2D eigenvalue weighted by Gasteiger charge is 2.33. The maximum Gasteiger partial charge on any atom is 0.216 e. The highest BCUT2D eigenvalue weighted by molar-refractivity contribution is 6.09. The van der Waals surface area contributed by atoms with Crippen LogP contribution in [0.15, 0.2) is 77.9 Å². The van der Waals surface area contributed by atoms with Gasteiger partial charge in [-0.2, -0.15) is 0 Å². The van der Waals surface area contributed by atoms with Gasteiger partial charge in [-0.3, -0.25) is 4.57 Å². The number of aromatic nitrogens is 2. The summed E-state index contributed by atoms with van der Waals surface area (Å²) in [6.07, 6.45) is 6.80. The van der Waals surface area contributed by atoms with Gasteiger partial charge in [-0.25, -0.2) is 9.98 Å². The molecule has 220 valence electrons. The van der Waals surface area contributed by atoms with E-state index in [0.717, 1.165) is 52.7 Å². The van der Waals surface area contributed by atoms with Gasteiger partial charge in [0.05, 0.1) is 17.1 Å². The molecule has 0 bridgehead atoms. The SMILES string of the molecule is Cc1ccc2c(c1)c1ccc(Oc3cc(C4=N[C@H]5CCCC[C@@H]5O4)cc(C(C)C)c3)cc1n2-c1cc(C(C)(C)C)ccn1. The van der Waals surface area contributed by atoms with E-state index >= 15 is 0 Å². The fourth-order valence-electron chi connectivity index (χ4n) is 6.54. The summed E-state index contributed by atoms with van der Waals surface area (Å²) < 4.78 is 15.3. The van der Waals surface area contributed by atoms with Crippen molar-refractivity contribution in [1.82, 2.24) is 9.55 Å². The number of fused-ring (bicyclic) bond motifs is 4. The largest absolute Gasteiger partial charge is 0.472 e. The molecule has 2 aliphatic rings. The van der Waals surface area contributed by atoms with Gasteiger partial charge in [-0.1, -0.05) is 52.7 Å². The van der Waals surface area contributed by atoms with E-state index in [9.17, 15) is 0 Å². The number of nitrogens with zero attached hydrogens (tertiary/aromatic N) is 3. The lowest BCUT2D eigenvalue weighted by atomic mass is 9.88. The summed E-state index contributed by atoms with van der Waals surface area (Å²) in [5, 5.41) is 2.40. The molecule has 3 aromatic carbocycles. The summed E-state index contributed by atoms with van der Waals surface area (Å²) >= 11 is 0. The Morgan fingerprint density at radius 2 is 1.70 bits per heavy atom. The fraction of sp³-hybridized carbons (Fsp3) is 0.368. The summed E-state index contributed by atoms with van der Waals surface area (Å²) in [7, 11) is 0. The van der Waals surface area contributed by atoms with Crippen LogP contribution in [0.25, 0.3) is 27.6 Å². The topological polar surface area (TPSA) is 48.6 Å². The zero-order valence-corrected chi connectivity index (χ0v) is 26.1. The van der Waals surface area contributed by atoms with Gasteiger partial charge < -0.3 is 9.47 Å². The smallest absolute Gasteiger partial charge is 0.216 e. The molecular formula is C38H41N3O2. The number of rotatable bonds is 5. The number of aryl methyl sites for hydroxylation is 1. The normalized spacial score (nSPS) is 18.6. The average Bonchev–Trinajstić information content (AvgIpc) is 3.55. The van der Waals surface area contributed by atoms with E-state index in [1.165, 1.54) is 40.3 Å². The Kier molecular flexibility index (Phi) is 6.80. The van der Waals surface area contributed by atoms with Crippen LogP contribution in [-0.2, 0) is 10.2 Å². The number of hydrogen-bond donors (Lipinski definition) is 0.